The molecule has 0 fully saturated rings. The molecule has 0 saturated carbocycles. The number of halogens is 1. The van der Waals surface area contributed by atoms with Crippen molar-refractivity contribution in [3.05, 3.63) is 77.1 Å². The lowest BCUT2D eigenvalue weighted by molar-refractivity contribution is 0.558. The molecule has 0 unspecified atom stereocenters. The van der Waals surface area contributed by atoms with Crippen molar-refractivity contribution in [1.82, 2.24) is 34.1 Å². The van der Waals surface area contributed by atoms with Crippen molar-refractivity contribution in [1.29, 1.82) is 0 Å². The minimum atomic E-state index is -0.617. The number of benzene rings is 1. The van der Waals surface area contributed by atoms with E-state index < -0.39 is 11.6 Å². The molecular weight excluding hydrogens is 349 g/mol. The highest BCUT2D eigenvalue weighted by atomic mass is 19.1. The Morgan fingerprint density at radius 3 is 2.85 bits per heavy atom. The number of hydrogen-bond acceptors (Lipinski definition) is 5. The van der Waals surface area contributed by atoms with Crippen LogP contribution in [0, 0.1) is 5.95 Å². The van der Waals surface area contributed by atoms with Gasteiger partial charge in [0.05, 0.1) is 23.8 Å². The molecule has 4 aromatic heterocycles. The van der Waals surface area contributed by atoms with Crippen LogP contribution in [-0.4, -0.2) is 34.1 Å². The number of nitrogens with zero attached hydrogens (tertiary/aromatic N) is 6. The van der Waals surface area contributed by atoms with Crippen molar-refractivity contribution < 1.29 is 4.39 Å². The van der Waals surface area contributed by atoms with Gasteiger partial charge in [-0.1, -0.05) is 18.2 Å². The van der Waals surface area contributed by atoms with Gasteiger partial charge in [0.2, 0.25) is 11.9 Å². The smallest absolute Gasteiger partial charge is 0.303 e. The van der Waals surface area contributed by atoms with Gasteiger partial charge in [-0.25, -0.2) is 19.7 Å². The molecule has 8 nitrogen and oxygen atoms in total. The largest absolute Gasteiger partial charge is 0.328 e. The van der Waals surface area contributed by atoms with Crippen molar-refractivity contribution in [3.63, 3.8) is 0 Å². The van der Waals surface area contributed by atoms with Crippen LogP contribution >= 0.6 is 0 Å². The highest BCUT2D eigenvalue weighted by molar-refractivity contribution is 5.77. The molecule has 0 aliphatic carbocycles. The van der Waals surface area contributed by atoms with Gasteiger partial charge in [-0.05, 0) is 18.2 Å². The molecule has 27 heavy (non-hydrogen) atoms. The molecule has 0 aliphatic heterocycles. The van der Waals surface area contributed by atoms with Gasteiger partial charge in [-0.3, -0.25) is 9.13 Å². The van der Waals surface area contributed by atoms with Crippen LogP contribution in [0.5, 0.6) is 0 Å². The lowest BCUT2D eigenvalue weighted by Crippen LogP contribution is -2.18. The number of para-hydroxylation sites is 2. The molecule has 0 saturated heterocycles. The average molecular weight is 361 g/mol. The second-order valence-corrected chi connectivity index (χ2v) is 5.98. The van der Waals surface area contributed by atoms with E-state index >= 15 is 0 Å². The summed E-state index contributed by atoms with van der Waals surface area (Å²) in [5.74, 6) is -0.246. The number of H-pyrrole nitrogens is 1. The second-order valence-electron chi connectivity index (χ2n) is 5.98. The first-order valence-electron chi connectivity index (χ1n) is 8.18. The zero-order valence-electron chi connectivity index (χ0n) is 13.9. The van der Waals surface area contributed by atoms with E-state index in [1.165, 1.54) is 17.0 Å². The molecule has 1 aromatic carbocycles. The summed E-state index contributed by atoms with van der Waals surface area (Å²) in [5, 5.41) is 0. The molecule has 0 aliphatic rings. The van der Waals surface area contributed by atoms with Crippen LogP contribution in [0.25, 0.3) is 28.1 Å². The average Bonchev–Trinajstić information content (AvgIpc) is 3.24. The number of rotatable bonds is 3. The molecule has 1 N–H and O–H groups in total. The quantitative estimate of drug-likeness (QED) is 0.496. The summed E-state index contributed by atoms with van der Waals surface area (Å²) >= 11 is 0. The number of nitrogens with one attached hydrogen (secondary N) is 1. The van der Waals surface area contributed by atoms with Crippen LogP contribution in [0.2, 0.25) is 0 Å². The molecule has 0 atom stereocenters. The Hall–Kier alpha value is -3.88. The van der Waals surface area contributed by atoms with Crippen molar-refractivity contribution >= 4 is 22.2 Å². The maximum Gasteiger partial charge on any atom is 0.328 e. The molecule has 0 amide bonds. The maximum absolute atomic E-state index is 13.9. The molecule has 4 heterocycles. The van der Waals surface area contributed by atoms with Gasteiger partial charge < -0.3 is 4.98 Å². The first kappa shape index (κ1) is 15.4. The Kier molecular flexibility index (Phi) is 3.32. The number of fused-ring (bicyclic) bond motifs is 2. The summed E-state index contributed by atoms with van der Waals surface area (Å²) in [4.78, 5) is 31.8. The minimum Gasteiger partial charge on any atom is -0.303 e. The molecule has 0 bridgehead atoms. The van der Waals surface area contributed by atoms with Gasteiger partial charge in [-0.2, -0.15) is 9.37 Å². The maximum atomic E-state index is 13.9. The summed E-state index contributed by atoms with van der Waals surface area (Å²) in [6.07, 6.45) is 4.52. The van der Waals surface area contributed by atoms with E-state index in [-0.39, 0.29) is 6.54 Å². The lowest BCUT2D eigenvalue weighted by atomic mass is 10.3. The van der Waals surface area contributed by atoms with Crippen LogP contribution < -0.4 is 5.69 Å². The van der Waals surface area contributed by atoms with Gasteiger partial charge in [0.25, 0.3) is 0 Å². The summed E-state index contributed by atoms with van der Waals surface area (Å²) in [5.41, 5.74) is 2.41. The molecule has 0 spiro atoms. The zero-order chi connectivity index (χ0) is 18.4. The minimum absolute atomic E-state index is 0.0135. The Labute approximate surface area is 151 Å². The van der Waals surface area contributed by atoms with Crippen LogP contribution in [0.4, 0.5) is 4.39 Å². The van der Waals surface area contributed by atoms with E-state index in [4.69, 9.17) is 0 Å². The van der Waals surface area contributed by atoms with Crippen LogP contribution in [0.1, 0.15) is 5.56 Å². The summed E-state index contributed by atoms with van der Waals surface area (Å²) in [7, 11) is 0. The van der Waals surface area contributed by atoms with Gasteiger partial charge in [0.15, 0.2) is 5.65 Å². The first-order valence-corrected chi connectivity index (χ1v) is 8.18. The number of hydrogen-bond donors (Lipinski definition) is 1. The SMILES string of the molecule is O=c1[nH]c2cnc(-n3cnc4ccccc43)nc2n1Cc1cccnc1F. The highest BCUT2D eigenvalue weighted by Crippen LogP contribution is 2.17. The fraction of sp³-hybridized carbons (Fsp3) is 0.0556. The van der Waals surface area contributed by atoms with E-state index in [2.05, 4.69) is 24.9 Å². The second kappa shape index (κ2) is 5.84. The third-order valence-electron chi connectivity index (χ3n) is 4.33. The van der Waals surface area contributed by atoms with E-state index in [1.54, 1.807) is 23.0 Å². The number of pyridine rings is 1. The van der Waals surface area contributed by atoms with E-state index in [9.17, 15) is 9.18 Å². The Bertz CT molecular complexity index is 1350. The molecular formula is C18H12FN7O. The van der Waals surface area contributed by atoms with Gasteiger partial charge in [0.1, 0.15) is 11.8 Å². The first-order chi connectivity index (χ1) is 13.2. The predicted molar refractivity (Wildman–Crippen MR) is 96.1 cm³/mol. The normalized spacial score (nSPS) is 11.4. The van der Waals surface area contributed by atoms with Crippen molar-refractivity contribution in [3.8, 4) is 5.95 Å². The summed E-state index contributed by atoms with van der Waals surface area (Å²) < 4.78 is 17.0. The van der Waals surface area contributed by atoms with Gasteiger partial charge in [0, 0.05) is 11.8 Å². The van der Waals surface area contributed by atoms with Crippen molar-refractivity contribution in [2.24, 2.45) is 0 Å². The molecule has 5 rings (SSSR count). The highest BCUT2D eigenvalue weighted by Gasteiger charge is 2.14. The molecule has 5 aromatic rings. The topological polar surface area (TPSA) is 94.3 Å². The Morgan fingerprint density at radius 2 is 1.96 bits per heavy atom. The molecule has 0 radical (unpaired) electrons. The summed E-state index contributed by atoms with van der Waals surface area (Å²) in [6.45, 7) is 0.0135. The van der Waals surface area contributed by atoms with Gasteiger partial charge >= 0.3 is 5.69 Å². The fourth-order valence-electron chi connectivity index (χ4n) is 3.03. The van der Waals surface area contributed by atoms with Crippen LogP contribution in [0.15, 0.2) is 59.9 Å². The third-order valence-corrected chi connectivity index (χ3v) is 4.33. The third kappa shape index (κ3) is 2.48. The number of aromatic nitrogens is 7. The van der Waals surface area contributed by atoms with E-state index in [0.717, 1.165) is 11.0 Å². The number of aromatic amines is 1. The monoisotopic (exact) mass is 361 g/mol. The van der Waals surface area contributed by atoms with Crippen LogP contribution in [-0.2, 0) is 6.54 Å². The van der Waals surface area contributed by atoms with E-state index in [0.29, 0.717) is 22.7 Å². The van der Waals surface area contributed by atoms with E-state index in [1.807, 2.05) is 24.3 Å². The number of imidazole rings is 2. The summed E-state index contributed by atoms with van der Waals surface area (Å²) in [6, 6.07) is 10.8. The Balaban J connectivity index is 1.67. The predicted octanol–water partition coefficient (Wildman–Crippen LogP) is 2.04. The fourth-order valence-corrected chi connectivity index (χ4v) is 3.03. The van der Waals surface area contributed by atoms with Crippen molar-refractivity contribution in [2.75, 3.05) is 0 Å². The molecule has 132 valence electrons. The standard InChI is InChI=1S/C18H12FN7O/c19-15-11(4-3-7-20-15)9-25-16-13(23-18(25)27)8-21-17(24-16)26-10-22-12-5-1-2-6-14(12)26/h1-8,10H,9H2,(H,23,27). The molecule has 9 heteroatoms. The van der Waals surface area contributed by atoms with Crippen LogP contribution in [0.3, 0.4) is 0 Å². The van der Waals surface area contributed by atoms with Gasteiger partial charge in [-0.15, -0.1) is 0 Å². The van der Waals surface area contributed by atoms with Crippen molar-refractivity contribution in [2.45, 2.75) is 6.54 Å². The Morgan fingerprint density at radius 1 is 1.07 bits per heavy atom. The lowest BCUT2D eigenvalue weighted by Gasteiger charge is -2.05. The zero-order valence-corrected chi connectivity index (χ0v) is 13.9.